The summed E-state index contributed by atoms with van der Waals surface area (Å²) in [5, 5.41) is 0. The van der Waals surface area contributed by atoms with Gasteiger partial charge in [-0.05, 0) is 17.9 Å². The van der Waals surface area contributed by atoms with E-state index < -0.39 is 11.7 Å². The molecule has 0 aliphatic heterocycles. The van der Waals surface area contributed by atoms with Crippen molar-refractivity contribution in [3.8, 4) is 11.4 Å². The quantitative estimate of drug-likeness (QED) is 0.523. The molecular formula is C17H14BF3N2S. The Kier molecular flexibility index (Phi) is 4.38. The van der Waals surface area contributed by atoms with Gasteiger partial charge in [0.25, 0.3) is 0 Å². The molecule has 0 N–H and O–H groups in total. The van der Waals surface area contributed by atoms with E-state index in [-0.39, 0.29) is 11.0 Å². The van der Waals surface area contributed by atoms with Crippen molar-refractivity contribution in [1.82, 2.24) is 9.55 Å². The van der Waals surface area contributed by atoms with Crippen molar-refractivity contribution in [1.29, 1.82) is 0 Å². The second-order valence-electron chi connectivity index (χ2n) is 5.35. The molecule has 3 aromatic rings. The monoisotopic (exact) mass is 346 g/mol. The van der Waals surface area contributed by atoms with Gasteiger partial charge < -0.3 is 4.57 Å². The van der Waals surface area contributed by atoms with E-state index in [4.69, 9.17) is 7.85 Å². The molecule has 24 heavy (non-hydrogen) atoms. The van der Waals surface area contributed by atoms with Crippen molar-refractivity contribution >= 4 is 36.1 Å². The first-order valence-electron chi connectivity index (χ1n) is 7.38. The van der Waals surface area contributed by atoms with Gasteiger partial charge in [-0.3, -0.25) is 0 Å². The smallest absolute Gasteiger partial charge is 0.328 e. The number of imidazole rings is 1. The van der Waals surface area contributed by atoms with E-state index in [2.05, 4.69) is 4.98 Å². The van der Waals surface area contributed by atoms with Crippen molar-refractivity contribution in [2.24, 2.45) is 7.05 Å². The first-order valence-corrected chi connectivity index (χ1v) is 8.36. The molecule has 1 heterocycles. The third-order valence-electron chi connectivity index (χ3n) is 3.75. The maximum atomic E-state index is 13.0. The predicted octanol–water partition coefficient (Wildman–Crippen LogP) is 4.16. The average Bonchev–Trinajstić information content (AvgIpc) is 2.85. The fourth-order valence-corrected chi connectivity index (χ4v) is 3.52. The molecule has 0 atom stereocenters. The molecule has 0 aliphatic carbocycles. The molecule has 3 rings (SSSR count). The number of aromatic nitrogens is 2. The second kappa shape index (κ2) is 6.20. The van der Waals surface area contributed by atoms with Gasteiger partial charge in [-0.2, -0.15) is 13.2 Å². The number of aryl methyl sites for hydroxylation is 1. The molecule has 0 unspecified atom stereocenters. The zero-order valence-electron chi connectivity index (χ0n) is 13.2. The Hall–Kier alpha value is -1.89. The van der Waals surface area contributed by atoms with Gasteiger partial charge in [0.15, 0.2) is 0 Å². The van der Waals surface area contributed by atoms with E-state index in [1.807, 2.05) is 31.2 Å². The first kappa shape index (κ1) is 17.0. The summed E-state index contributed by atoms with van der Waals surface area (Å²) in [6.07, 6.45) is -4.45. The van der Waals surface area contributed by atoms with Crippen LogP contribution in [0, 0.1) is 0 Å². The lowest BCUT2D eigenvalue weighted by molar-refractivity contribution is -0.137. The first-order chi connectivity index (χ1) is 11.3. The van der Waals surface area contributed by atoms with Gasteiger partial charge in [0, 0.05) is 17.5 Å². The van der Waals surface area contributed by atoms with Crippen molar-refractivity contribution < 1.29 is 13.2 Å². The normalized spacial score (nSPS) is 12.0. The molecule has 0 fully saturated rings. The molecule has 1 aromatic heterocycles. The Morgan fingerprint density at radius 1 is 1.21 bits per heavy atom. The van der Waals surface area contributed by atoms with Crippen molar-refractivity contribution in [3.63, 3.8) is 0 Å². The number of nitrogens with zero attached hydrogens (tertiary/aromatic N) is 2. The van der Waals surface area contributed by atoms with Crippen molar-refractivity contribution in [2.45, 2.75) is 18.0 Å². The number of hydrogen-bond acceptors (Lipinski definition) is 2. The van der Waals surface area contributed by atoms with Gasteiger partial charge in [-0.15, -0.1) is 11.8 Å². The Balaban J connectivity index is 2.25. The molecule has 122 valence electrons. The van der Waals surface area contributed by atoms with Crippen molar-refractivity contribution in [2.75, 3.05) is 5.75 Å². The number of halogens is 3. The van der Waals surface area contributed by atoms with E-state index in [1.165, 1.54) is 0 Å². The minimum atomic E-state index is -4.45. The summed E-state index contributed by atoms with van der Waals surface area (Å²) >= 11 is 1.66. The molecule has 2 nitrogen and oxygen atoms in total. The second-order valence-corrected chi connectivity index (χ2v) is 6.66. The highest BCUT2D eigenvalue weighted by Gasteiger charge is 2.31. The highest BCUT2D eigenvalue weighted by molar-refractivity contribution is 7.99. The average molecular weight is 346 g/mol. The zero-order valence-corrected chi connectivity index (χ0v) is 14.0. The number of rotatable bonds is 3. The van der Waals surface area contributed by atoms with Crippen LogP contribution in [-0.2, 0) is 13.2 Å². The standard InChI is InChI=1S/C17H14BF3N2S/c1-3-24-14-7-5-4-6-11(14)16-22-13-9-10(17(19,20)21)8-12(18)15(13)23(16)2/h4-9H,3H2,1-2H3. The molecule has 2 aromatic carbocycles. The minimum absolute atomic E-state index is 0.0710. The summed E-state index contributed by atoms with van der Waals surface area (Å²) in [5.41, 5.74) is 0.927. The molecule has 0 spiro atoms. The highest BCUT2D eigenvalue weighted by Crippen LogP contribution is 2.34. The van der Waals surface area contributed by atoms with E-state index in [1.54, 1.807) is 23.4 Å². The fraction of sp³-hybridized carbons (Fsp3) is 0.235. The lowest BCUT2D eigenvalue weighted by Gasteiger charge is -2.10. The summed E-state index contributed by atoms with van der Waals surface area (Å²) in [6.45, 7) is 2.05. The van der Waals surface area contributed by atoms with Gasteiger partial charge in [0.2, 0.25) is 0 Å². The topological polar surface area (TPSA) is 17.8 Å². The Morgan fingerprint density at radius 2 is 1.92 bits per heavy atom. The fourth-order valence-electron chi connectivity index (χ4n) is 2.72. The van der Waals surface area contributed by atoms with Crippen LogP contribution in [0.3, 0.4) is 0 Å². The van der Waals surface area contributed by atoms with E-state index in [0.29, 0.717) is 11.3 Å². The Labute approximate surface area is 143 Å². The van der Waals surface area contributed by atoms with Crippen LogP contribution in [-0.4, -0.2) is 23.2 Å². The number of benzene rings is 2. The summed E-state index contributed by atoms with van der Waals surface area (Å²) < 4.78 is 40.7. The van der Waals surface area contributed by atoms with Crippen LogP contribution >= 0.6 is 11.8 Å². The van der Waals surface area contributed by atoms with Gasteiger partial charge in [0.1, 0.15) is 13.7 Å². The number of thioether (sulfide) groups is 1. The highest BCUT2D eigenvalue weighted by atomic mass is 32.2. The largest absolute Gasteiger partial charge is 0.416 e. The Morgan fingerprint density at radius 3 is 2.58 bits per heavy atom. The SMILES string of the molecule is [B]c1cc(C(F)(F)F)cc2nc(-c3ccccc3SCC)n(C)c12. The van der Waals surface area contributed by atoms with E-state index in [0.717, 1.165) is 28.3 Å². The molecule has 0 amide bonds. The molecule has 0 aliphatic rings. The molecule has 0 bridgehead atoms. The zero-order chi connectivity index (χ0) is 17.5. The molecule has 2 radical (unpaired) electrons. The molecule has 7 heteroatoms. The van der Waals surface area contributed by atoms with Crippen LogP contribution in [0.15, 0.2) is 41.3 Å². The van der Waals surface area contributed by atoms with Crippen LogP contribution in [0.25, 0.3) is 22.4 Å². The van der Waals surface area contributed by atoms with Crippen molar-refractivity contribution in [3.05, 3.63) is 42.0 Å². The minimum Gasteiger partial charge on any atom is -0.328 e. The van der Waals surface area contributed by atoms with Crippen LogP contribution < -0.4 is 5.46 Å². The third-order valence-corrected chi connectivity index (χ3v) is 4.71. The summed E-state index contributed by atoms with van der Waals surface area (Å²) in [6, 6.07) is 9.72. The number of fused-ring (bicyclic) bond motifs is 1. The van der Waals surface area contributed by atoms with Crippen LogP contribution in [0.5, 0.6) is 0 Å². The molecular weight excluding hydrogens is 332 g/mol. The predicted molar refractivity (Wildman–Crippen MR) is 92.9 cm³/mol. The lowest BCUT2D eigenvalue weighted by atomic mass is 9.92. The van der Waals surface area contributed by atoms with Gasteiger partial charge in [-0.1, -0.05) is 36.7 Å². The van der Waals surface area contributed by atoms with Gasteiger partial charge >= 0.3 is 6.18 Å². The molecule has 0 saturated heterocycles. The van der Waals surface area contributed by atoms with Gasteiger partial charge in [0.05, 0.1) is 16.6 Å². The van der Waals surface area contributed by atoms with E-state index in [9.17, 15) is 13.2 Å². The molecule has 0 saturated carbocycles. The lowest BCUT2D eigenvalue weighted by Crippen LogP contribution is -2.14. The summed E-state index contributed by atoms with van der Waals surface area (Å²) in [5.74, 6) is 1.49. The maximum absolute atomic E-state index is 13.0. The third kappa shape index (κ3) is 2.93. The van der Waals surface area contributed by atoms with Crippen LogP contribution in [0.4, 0.5) is 13.2 Å². The van der Waals surface area contributed by atoms with Crippen LogP contribution in [0.1, 0.15) is 12.5 Å². The maximum Gasteiger partial charge on any atom is 0.416 e. The van der Waals surface area contributed by atoms with Gasteiger partial charge in [-0.25, -0.2) is 4.98 Å². The number of alkyl halides is 3. The van der Waals surface area contributed by atoms with E-state index >= 15 is 0 Å². The summed E-state index contributed by atoms with van der Waals surface area (Å²) in [7, 11) is 7.64. The number of hydrogen-bond donors (Lipinski definition) is 0. The summed E-state index contributed by atoms with van der Waals surface area (Å²) in [4.78, 5) is 5.47. The van der Waals surface area contributed by atoms with Crippen LogP contribution in [0.2, 0.25) is 0 Å². The Bertz CT molecular complexity index is 903.